The van der Waals surface area contributed by atoms with Gasteiger partial charge >= 0.3 is 11.9 Å². The Morgan fingerprint density at radius 1 is 1.11 bits per heavy atom. The average molecular weight is 380 g/mol. The van der Waals surface area contributed by atoms with Gasteiger partial charge in [-0.15, -0.1) is 0 Å². The summed E-state index contributed by atoms with van der Waals surface area (Å²) >= 11 is 0. The maximum Gasteiger partial charge on any atom is 0.333 e. The van der Waals surface area contributed by atoms with Gasteiger partial charge in [0.1, 0.15) is 5.84 Å². The van der Waals surface area contributed by atoms with E-state index in [9.17, 15) is 14.7 Å². The van der Waals surface area contributed by atoms with Gasteiger partial charge in [-0.05, 0) is 19.4 Å². The molecule has 0 saturated carbocycles. The van der Waals surface area contributed by atoms with E-state index in [1.807, 2.05) is 65.6 Å². The Hall–Kier alpha value is -3.15. The lowest BCUT2D eigenvalue weighted by molar-refractivity contribution is -0.144. The van der Waals surface area contributed by atoms with Gasteiger partial charge in [-0.3, -0.25) is 4.79 Å². The van der Waals surface area contributed by atoms with Crippen molar-refractivity contribution >= 4 is 17.8 Å². The van der Waals surface area contributed by atoms with Crippen LogP contribution < -0.4 is 0 Å². The summed E-state index contributed by atoms with van der Waals surface area (Å²) in [5.74, 6) is -0.747. The highest BCUT2D eigenvalue weighted by atomic mass is 16.5. The van der Waals surface area contributed by atoms with E-state index in [2.05, 4.69) is 4.99 Å². The van der Waals surface area contributed by atoms with Crippen LogP contribution in [0.25, 0.3) is 0 Å². The smallest absolute Gasteiger partial charge is 0.333 e. The minimum atomic E-state index is -1.37. The molecule has 6 nitrogen and oxygen atoms in total. The van der Waals surface area contributed by atoms with Crippen molar-refractivity contribution in [2.45, 2.75) is 31.8 Å². The third kappa shape index (κ3) is 3.76. The van der Waals surface area contributed by atoms with Crippen LogP contribution in [-0.4, -0.2) is 46.5 Å². The first-order valence-corrected chi connectivity index (χ1v) is 9.33. The molecular weight excluding hydrogens is 356 g/mol. The van der Waals surface area contributed by atoms with Crippen LogP contribution in [0.3, 0.4) is 0 Å². The SMILES string of the molecule is CCOC(=O)CCN1C(c2ccccc2)=N[C@@](C)(C(=O)O)[C@H]1c1ccccc1. The summed E-state index contributed by atoms with van der Waals surface area (Å²) in [6, 6.07) is 18.4. The van der Waals surface area contributed by atoms with E-state index in [0.717, 1.165) is 11.1 Å². The summed E-state index contributed by atoms with van der Waals surface area (Å²) in [6.45, 7) is 4.02. The molecule has 2 atom stereocenters. The second kappa shape index (κ2) is 8.25. The van der Waals surface area contributed by atoms with Crippen LogP contribution in [0.15, 0.2) is 65.7 Å². The molecule has 0 radical (unpaired) electrons. The standard InChI is InChI=1S/C22H24N2O4/c1-3-28-18(25)14-15-24-19(16-10-6-4-7-11-16)22(2,21(26)27)23-20(24)17-12-8-5-9-13-17/h4-13,19H,3,14-15H2,1-2H3,(H,26,27)/t19-,22-/m1/s1. The van der Waals surface area contributed by atoms with Crippen molar-refractivity contribution in [1.29, 1.82) is 0 Å². The minimum absolute atomic E-state index is 0.152. The maximum absolute atomic E-state index is 12.2. The van der Waals surface area contributed by atoms with Crippen molar-refractivity contribution in [1.82, 2.24) is 4.90 Å². The predicted octanol–water partition coefficient (Wildman–Crippen LogP) is 3.29. The first kappa shape index (κ1) is 19.6. The number of aliphatic carboxylic acids is 1. The lowest BCUT2D eigenvalue weighted by Gasteiger charge is -2.33. The van der Waals surface area contributed by atoms with Crippen LogP contribution >= 0.6 is 0 Å². The van der Waals surface area contributed by atoms with E-state index in [-0.39, 0.29) is 12.4 Å². The van der Waals surface area contributed by atoms with Crippen LogP contribution in [0, 0.1) is 0 Å². The van der Waals surface area contributed by atoms with Gasteiger partial charge < -0.3 is 14.7 Å². The fraction of sp³-hybridized carbons (Fsp3) is 0.318. The molecule has 6 heteroatoms. The normalized spacial score (nSPS) is 21.3. The quantitative estimate of drug-likeness (QED) is 0.746. The molecule has 0 fully saturated rings. The molecule has 0 saturated heterocycles. The summed E-state index contributed by atoms with van der Waals surface area (Å²) in [7, 11) is 0. The minimum Gasteiger partial charge on any atom is -0.479 e. The number of rotatable bonds is 7. The number of ether oxygens (including phenoxy) is 1. The largest absolute Gasteiger partial charge is 0.479 e. The molecule has 1 aliphatic rings. The van der Waals surface area contributed by atoms with Gasteiger partial charge in [0, 0.05) is 12.1 Å². The zero-order valence-corrected chi connectivity index (χ0v) is 16.0. The second-order valence-corrected chi connectivity index (χ2v) is 6.82. The molecule has 0 bridgehead atoms. The zero-order chi connectivity index (χ0) is 20.1. The lowest BCUT2D eigenvalue weighted by atomic mass is 9.87. The van der Waals surface area contributed by atoms with Gasteiger partial charge in [0.15, 0.2) is 5.54 Å². The fourth-order valence-electron chi connectivity index (χ4n) is 3.57. The van der Waals surface area contributed by atoms with Crippen molar-refractivity contribution in [3.05, 3.63) is 71.8 Å². The number of aliphatic imine (C=N–C) groups is 1. The lowest BCUT2D eigenvalue weighted by Crippen LogP contribution is -2.44. The maximum atomic E-state index is 12.2. The summed E-state index contributed by atoms with van der Waals surface area (Å²) in [4.78, 5) is 30.8. The Kier molecular flexibility index (Phi) is 5.78. The summed E-state index contributed by atoms with van der Waals surface area (Å²) < 4.78 is 5.06. The highest BCUT2D eigenvalue weighted by Gasteiger charge is 2.51. The summed E-state index contributed by atoms with van der Waals surface area (Å²) in [6.07, 6.45) is 0.152. The number of esters is 1. The van der Waals surface area contributed by atoms with Crippen molar-refractivity contribution in [2.75, 3.05) is 13.2 Å². The predicted molar refractivity (Wildman–Crippen MR) is 106 cm³/mol. The molecule has 146 valence electrons. The number of amidine groups is 1. The number of carboxylic acid groups (broad SMARTS) is 1. The Balaban J connectivity index is 2.05. The molecule has 0 aromatic heterocycles. The van der Waals surface area contributed by atoms with Crippen molar-refractivity contribution in [2.24, 2.45) is 4.99 Å². The van der Waals surface area contributed by atoms with Gasteiger partial charge in [-0.2, -0.15) is 0 Å². The van der Waals surface area contributed by atoms with Gasteiger partial charge in [0.2, 0.25) is 0 Å². The number of benzene rings is 2. The number of carbonyl (C=O) groups excluding carboxylic acids is 1. The molecule has 1 N–H and O–H groups in total. The molecule has 1 heterocycles. The Morgan fingerprint density at radius 2 is 1.71 bits per heavy atom. The molecule has 0 unspecified atom stereocenters. The number of hydrogen-bond donors (Lipinski definition) is 1. The van der Waals surface area contributed by atoms with Crippen LogP contribution in [0.4, 0.5) is 0 Å². The molecule has 0 spiro atoms. The number of nitrogens with zero attached hydrogens (tertiary/aromatic N) is 2. The topological polar surface area (TPSA) is 79.2 Å². The molecule has 1 aliphatic heterocycles. The van der Waals surface area contributed by atoms with E-state index >= 15 is 0 Å². The fourth-order valence-corrected chi connectivity index (χ4v) is 3.57. The first-order chi connectivity index (χ1) is 13.5. The van der Waals surface area contributed by atoms with E-state index in [4.69, 9.17) is 4.74 Å². The third-order valence-corrected chi connectivity index (χ3v) is 4.90. The number of carbonyl (C=O) groups is 2. The van der Waals surface area contributed by atoms with Gasteiger partial charge in [0.25, 0.3) is 0 Å². The van der Waals surface area contributed by atoms with Gasteiger partial charge in [-0.25, -0.2) is 9.79 Å². The van der Waals surface area contributed by atoms with Crippen LogP contribution in [0.1, 0.15) is 37.4 Å². The number of carboxylic acids is 1. The molecule has 2 aromatic carbocycles. The van der Waals surface area contributed by atoms with Crippen LogP contribution in [-0.2, 0) is 14.3 Å². The van der Waals surface area contributed by atoms with E-state index < -0.39 is 17.6 Å². The van der Waals surface area contributed by atoms with E-state index in [0.29, 0.717) is 19.0 Å². The van der Waals surface area contributed by atoms with Gasteiger partial charge in [-0.1, -0.05) is 60.7 Å². The Bertz CT molecular complexity index is 867. The zero-order valence-electron chi connectivity index (χ0n) is 16.0. The van der Waals surface area contributed by atoms with Crippen LogP contribution in [0.2, 0.25) is 0 Å². The molecular formula is C22H24N2O4. The Morgan fingerprint density at radius 3 is 2.29 bits per heavy atom. The average Bonchev–Trinajstić information content (AvgIpc) is 3.02. The summed E-state index contributed by atoms with van der Waals surface area (Å²) in [5.41, 5.74) is 0.282. The monoisotopic (exact) mass is 380 g/mol. The second-order valence-electron chi connectivity index (χ2n) is 6.82. The molecule has 3 rings (SSSR count). The van der Waals surface area contributed by atoms with Gasteiger partial charge in [0.05, 0.1) is 19.1 Å². The highest BCUT2D eigenvalue weighted by Crippen LogP contribution is 2.42. The third-order valence-electron chi connectivity index (χ3n) is 4.90. The van der Waals surface area contributed by atoms with Crippen LogP contribution in [0.5, 0.6) is 0 Å². The number of hydrogen-bond acceptors (Lipinski definition) is 5. The highest BCUT2D eigenvalue weighted by molar-refractivity contribution is 6.03. The summed E-state index contributed by atoms with van der Waals surface area (Å²) in [5, 5.41) is 10.0. The molecule has 2 aromatic rings. The molecule has 28 heavy (non-hydrogen) atoms. The molecule has 0 aliphatic carbocycles. The molecule has 0 amide bonds. The van der Waals surface area contributed by atoms with E-state index in [1.54, 1.807) is 13.8 Å². The van der Waals surface area contributed by atoms with Crippen molar-refractivity contribution < 1.29 is 19.4 Å². The van der Waals surface area contributed by atoms with Crippen molar-refractivity contribution in [3.8, 4) is 0 Å². The van der Waals surface area contributed by atoms with Crippen molar-refractivity contribution in [3.63, 3.8) is 0 Å². The Labute approximate surface area is 164 Å². The van der Waals surface area contributed by atoms with E-state index in [1.165, 1.54) is 0 Å². The first-order valence-electron chi connectivity index (χ1n) is 9.33.